The molecule has 5 heterocycles. The number of carbonyl (C=O) groups excluding carboxylic acids is 1. The van der Waals surface area contributed by atoms with Crippen LogP contribution in [0, 0.1) is 18.2 Å². The highest BCUT2D eigenvalue weighted by atomic mass is 19.1. The summed E-state index contributed by atoms with van der Waals surface area (Å²) in [5.74, 6) is 2.75. The Morgan fingerprint density at radius 1 is 1.22 bits per heavy atom. The Balaban J connectivity index is 1.21. The number of amides is 1. The average molecular weight is 698 g/mol. The number of halogens is 2. The summed E-state index contributed by atoms with van der Waals surface area (Å²) in [5.41, 5.74) is 3.70. The number of hydrogen-bond donors (Lipinski definition) is 1. The predicted molar refractivity (Wildman–Crippen MR) is 192 cm³/mol. The highest BCUT2D eigenvalue weighted by Gasteiger charge is 2.44. The van der Waals surface area contributed by atoms with Gasteiger partial charge in [-0.05, 0) is 62.4 Å². The molecule has 3 aromatic rings. The molecule has 0 unspecified atom stereocenters. The molecule has 1 N–H and O–H groups in total. The van der Waals surface area contributed by atoms with E-state index in [4.69, 9.17) is 21.1 Å². The number of benzene rings is 1. The van der Waals surface area contributed by atoms with Crippen molar-refractivity contribution in [1.29, 1.82) is 0 Å². The molecule has 268 valence electrons. The van der Waals surface area contributed by atoms with Crippen LogP contribution in [-0.2, 0) is 24.1 Å². The van der Waals surface area contributed by atoms with Gasteiger partial charge in [0.2, 0.25) is 5.91 Å². The molecule has 1 amide bonds. The number of likely N-dealkylation sites (N-methyl/N-ethyl adjacent to an activating group) is 1. The maximum atomic E-state index is 15.0. The topological polar surface area (TPSA) is 98.2 Å². The first-order valence-corrected chi connectivity index (χ1v) is 17.8. The number of carbonyl (C=O) groups is 1. The number of β-amino-alcohol motifs (C(OH)–C–C–N with tert-alkyl or cyclic N) is 1. The van der Waals surface area contributed by atoms with Gasteiger partial charge in [-0.15, -0.1) is 6.42 Å². The number of nitrogens with zero attached hydrogens (tertiary/aromatic N) is 7. The third-order valence-corrected chi connectivity index (χ3v) is 11.0. The zero-order chi connectivity index (χ0) is 35.9. The second kappa shape index (κ2) is 14.1. The Bertz CT molecular complexity index is 1840. The van der Waals surface area contributed by atoms with Gasteiger partial charge in [0.1, 0.15) is 24.4 Å². The predicted octanol–water partition coefficient (Wildman–Crippen LogP) is 4.27. The molecule has 4 aliphatic rings. The summed E-state index contributed by atoms with van der Waals surface area (Å²) in [6.07, 6.45) is 13.3. The fraction of sp³-hybridized carbons (Fsp3) is 0.487. The third kappa shape index (κ3) is 6.71. The van der Waals surface area contributed by atoms with E-state index in [9.17, 15) is 18.7 Å². The van der Waals surface area contributed by atoms with E-state index in [1.807, 2.05) is 35.9 Å². The van der Waals surface area contributed by atoms with E-state index in [-0.39, 0.29) is 49.1 Å². The Morgan fingerprint density at radius 3 is 2.78 bits per heavy atom. The van der Waals surface area contributed by atoms with Crippen LogP contribution in [0.25, 0.3) is 0 Å². The summed E-state index contributed by atoms with van der Waals surface area (Å²) in [6.45, 7) is 7.66. The number of hydrogen-bond acceptors (Lipinski definition) is 9. The summed E-state index contributed by atoms with van der Waals surface area (Å²) in [5, 5.41) is 10.9. The highest BCUT2D eigenvalue weighted by molar-refractivity contribution is 5.87. The summed E-state index contributed by atoms with van der Waals surface area (Å²) in [6, 6.07) is 6.91. The molecule has 2 fully saturated rings. The lowest BCUT2D eigenvalue weighted by atomic mass is 9.87. The van der Waals surface area contributed by atoms with Gasteiger partial charge in [0, 0.05) is 88.2 Å². The summed E-state index contributed by atoms with van der Waals surface area (Å²) >= 11 is 0. The third-order valence-electron chi connectivity index (χ3n) is 11.0. The molecule has 1 aromatic carbocycles. The monoisotopic (exact) mass is 697 g/mol. The fourth-order valence-corrected chi connectivity index (χ4v) is 8.61. The van der Waals surface area contributed by atoms with Crippen LogP contribution in [0.2, 0.25) is 0 Å². The molecule has 3 aliphatic heterocycles. The van der Waals surface area contributed by atoms with Crippen molar-refractivity contribution in [3.8, 4) is 18.4 Å². The number of alkyl halides is 1. The van der Waals surface area contributed by atoms with E-state index < -0.39 is 23.6 Å². The lowest BCUT2D eigenvalue weighted by molar-refractivity contribution is -0.126. The van der Waals surface area contributed by atoms with Gasteiger partial charge in [-0.3, -0.25) is 9.78 Å². The van der Waals surface area contributed by atoms with Crippen LogP contribution in [0.4, 0.5) is 26.0 Å². The largest absolute Gasteiger partial charge is 0.461 e. The lowest BCUT2D eigenvalue weighted by Gasteiger charge is -2.42. The van der Waals surface area contributed by atoms with Crippen molar-refractivity contribution in [3.05, 3.63) is 77.5 Å². The standard InChI is InChI=1S/C39H45F2N7O3/c1-5-31-33(41)12-9-25-18-30(49)23-47(36(25)31)28-10-11-32-34(19-28)43-38(44-37(32)45(4)22-29-8-7-17-46(29)35(50)6-2)51-24-39(3)20-26(40)21-48(39)27-13-15-42-16-14-27/h1,6,9,12-16,26,28-30,49H,2,7-8,10-11,17-24H2,3-4H3/t26-,28-,29+,30-,39+/m1/s1. The van der Waals surface area contributed by atoms with Crippen molar-refractivity contribution in [1.82, 2.24) is 19.9 Å². The minimum Gasteiger partial charge on any atom is -0.461 e. The van der Waals surface area contributed by atoms with Crippen LogP contribution in [0.1, 0.15) is 55.0 Å². The molecule has 51 heavy (non-hydrogen) atoms. The van der Waals surface area contributed by atoms with Gasteiger partial charge < -0.3 is 29.4 Å². The lowest BCUT2D eigenvalue weighted by Crippen LogP contribution is -2.48. The van der Waals surface area contributed by atoms with Crippen molar-refractivity contribution in [2.75, 3.05) is 54.5 Å². The number of rotatable bonds is 9. The van der Waals surface area contributed by atoms with Crippen LogP contribution >= 0.6 is 0 Å². The second-order valence-electron chi connectivity index (χ2n) is 14.6. The van der Waals surface area contributed by atoms with Crippen LogP contribution in [-0.4, -0.2) is 101 Å². The van der Waals surface area contributed by atoms with Gasteiger partial charge in [-0.25, -0.2) is 8.78 Å². The molecule has 1 aliphatic carbocycles. The zero-order valence-corrected chi connectivity index (χ0v) is 29.3. The maximum absolute atomic E-state index is 15.0. The molecule has 0 bridgehead atoms. The molecular formula is C39H45F2N7O3. The first-order chi connectivity index (χ1) is 24.6. The molecule has 0 spiro atoms. The Labute approximate surface area is 298 Å². The first-order valence-electron chi connectivity index (χ1n) is 17.8. The molecule has 2 aromatic heterocycles. The number of pyridine rings is 1. The molecule has 2 saturated heterocycles. The fourth-order valence-electron chi connectivity index (χ4n) is 8.61. The number of aromatic nitrogens is 3. The smallest absolute Gasteiger partial charge is 0.318 e. The van der Waals surface area contributed by atoms with Crippen LogP contribution in [0.3, 0.4) is 0 Å². The number of likely N-dealkylation sites (tertiary alicyclic amines) is 1. The SMILES string of the molecule is C#Cc1c(F)ccc2c1N([C@@H]1CCc3c(nc(OC[C@]4(C)C[C@@H](F)CN4c4ccncc4)nc3N(C)C[C@@H]3CCCN3C(=O)C=C)C1)C[C@H](O)C2. The Morgan fingerprint density at radius 2 is 2.02 bits per heavy atom. The molecule has 0 saturated carbocycles. The van der Waals surface area contributed by atoms with Crippen LogP contribution in [0.15, 0.2) is 49.3 Å². The zero-order valence-electron chi connectivity index (χ0n) is 29.3. The van der Waals surface area contributed by atoms with Crippen molar-refractivity contribution in [2.45, 2.75) is 81.8 Å². The van der Waals surface area contributed by atoms with Gasteiger partial charge in [0.05, 0.1) is 28.6 Å². The van der Waals surface area contributed by atoms with Crippen molar-refractivity contribution >= 4 is 23.1 Å². The molecule has 5 atom stereocenters. The van der Waals surface area contributed by atoms with E-state index >= 15 is 0 Å². The van der Waals surface area contributed by atoms with Crippen molar-refractivity contribution in [2.24, 2.45) is 0 Å². The van der Waals surface area contributed by atoms with Gasteiger partial charge in [0.25, 0.3) is 0 Å². The van der Waals surface area contributed by atoms with E-state index in [0.717, 1.165) is 41.2 Å². The molecule has 7 rings (SSSR count). The highest BCUT2D eigenvalue weighted by Crippen LogP contribution is 2.40. The number of fused-ring (bicyclic) bond motifs is 2. The number of aliphatic hydroxyl groups excluding tert-OH is 1. The van der Waals surface area contributed by atoms with Gasteiger partial charge in [0.15, 0.2) is 0 Å². The number of ether oxygens (including phenoxy) is 1. The van der Waals surface area contributed by atoms with E-state index in [1.165, 1.54) is 12.1 Å². The minimum atomic E-state index is -1.02. The van der Waals surface area contributed by atoms with E-state index in [2.05, 4.69) is 27.3 Å². The summed E-state index contributed by atoms with van der Waals surface area (Å²) in [4.78, 5) is 34.7. The molecule has 0 radical (unpaired) electrons. The van der Waals surface area contributed by atoms with Gasteiger partial charge in [-0.2, -0.15) is 9.97 Å². The normalized spacial score (nSPS) is 25.6. The molecule has 12 heteroatoms. The van der Waals surface area contributed by atoms with Crippen molar-refractivity contribution in [3.63, 3.8) is 0 Å². The summed E-state index contributed by atoms with van der Waals surface area (Å²) < 4.78 is 36.4. The van der Waals surface area contributed by atoms with E-state index in [0.29, 0.717) is 51.0 Å². The minimum absolute atomic E-state index is 0.00282. The maximum Gasteiger partial charge on any atom is 0.318 e. The van der Waals surface area contributed by atoms with E-state index in [1.54, 1.807) is 18.5 Å². The Hall–Kier alpha value is -4.76. The molecular weight excluding hydrogens is 652 g/mol. The summed E-state index contributed by atoms with van der Waals surface area (Å²) in [7, 11) is 1.98. The van der Waals surface area contributed by atoms with Gasteiger partial charge >= 0.3 is 6.01 Å². The number of aliphatic hydroxyl groups is 1. The quantitative estimate of drug-likeness (QED) is 0.260. The number of anilines is 3. The second-order valence-corrected chi connectivity index (χ2v) is 14.6. The first kappa shape index (κ1) is 34.7. The van der Waals surface area contributed by atoms with Crippen LogP contribution in [0.5, 0.6) is 6.01 Å². The molecule has 10 nitrogen and oxygen atoms in total. The van der Waals surface area contributed by atoms with Crippen molar-refractivity contribution < 1.29 is 23.4 Å². The van der Waals surface area contributed by atoms with Gasteiger partial charge in [-0.1, -0.05) is 18.6 Å². The average Bonchev–Trinajstić information content (AvgIpc) is 3.72. The van der Waals surface area contributed by atoms with Crippen LogP contribution < -0.4 is 19.4 Å². The number of terminal acetylenes is 1. The Kier molecular flexibility index (Phi) is 9.59.